The van der Waals surface area contributed by atoms with Gasteiger partial charge in [-0.25, -0.2) is 0 Å². The van der Waals surface area contributed by atoms with Crippen LogP contribution in [0.15, 0.2) is 0 Å². The van der Waals surface area contributed by atoms with Crippen LogP contribution in [0.1, 0.15) is 285 Å². The molecule has 2 saturated heterocycles. The zero-order chi connectivity index (χ0) is 53.3. The lowest BCUT2D eigenvalue weighted by atomic mass is 9.94. The van der Waals surface area contributed by atoms with Crippen molar-refractivity contribution in [3.8, 4) is 0 Å². The number of unbranched alkanes of at least 4 members (excludes halogenated alkanes) is 32. The third-order valence-corrected chi connectivity index (χ3v) is 15.7. The molecule has 13 nitrogen and oxygen atoms in total. The van der Waals surface area contributed by atoms with Crippen LogP contribution in [0.25, 0.3) is 0 Å². The highest BCUT2D eigenvalue weighted by atomic mass is 16.8. The number of ether oxygens (including phenoxy) is 5. The van der Waals surface area contributed by atoms with Crippen LogP contribution < -0.4 is 0 Å². The minimum absolute atomic E-state index is 0.317. The van der Waals surface area contributed by atoms with Crippen LogP contribution in [-0.2, 0) is 33.3 Å². The van der Waals surface area contributed by atoms with Gasteiger partial charge in [0.1, 0.15) is 62.0 Å². The minimum atomic E-state index is -1.81. The lowest BCUT2D eigenvalue weighted by Gasteiger charge is -2.44. The molecule has 2 aliphatic heterocycles. The van der Waals surface area contributed by atoms with E-state index in [1.807, 2.05) is 0 Å². The van der Waals surface area contributed by atoms with E-state index in [2.05, 4.69) is 27.7 Å². The molecule has 2 heterocycles. The van der Waals surface area contributed by atoms with Crippen molar-refractivity contribution in [2.45, 2.75) is 346 Å². The molecule has 10 atom stereocenters. The standard InChI is InChI=1S/C60H114O13/c1-5-9-13-17-21-25-29-33-37-41-47(42-38-34-30-26-22-18-14-10-6-2)57(67)69-45-49-51(61)53(63)55(65)59(71-49)73-60-56(66)54(64)52(62)50(72-60)46-70-58(68)48(43-39-35-31-27-23-19-15-11-7-3)44-40-36-32-28-24-20-16-12-8-4/h47-56,59-66H,5-46H2,1-4H3/t49?,50?,51-,52-,53+,54+,55?,56?,59-,60-/m1/s1. The molecule has 0 aromatic rings. The highest BCUT2D eigenvalue weighted by Crippen LogP contribution is 2.30. The fourth-order valence-electron chi connectivity index (χ4n) is 10.6. The van der Waals surface area contributed by atoms with E-state index < -0.39 is 86.6 Å². The highest BCUT2D eigenvalue weighted by Gasteiger charge is 2.50. The first-order valence-electron chi connectivity index (χ1n) is 30.9. The molecule has 0 aliphatic carbocycles. The minimum Gasteiger partial charge on any atom is -0.463 e. The SMILES string of the molecule is CCCCCCCCCCCC(CCCCCCCCCCC)C(=O)OCC1O[C@H](O[C@H]2OC(COC(=O)C(CCCCCCCCCCC)CCCCCCCCCCC)[C@@H](O)[C@H](O)C2O)C(O)[C@@H](O)[C@@H]1O. The van der Waals surface area contributed by atoms with E-state index in [0.29, 0.717) is 25.7 Å². The predicted octanol–water partition coefficient (Wildman–Crippen LogP) is 12.6. The van der Waals surface area contributed by atoms with Gasteiger partial charge < -0.3 is 54.3 Å². The summed E-state index contributed by atoms with van der Waals surface area (Å²) in [5.41, 5.74) is 0. The van der Waals surface area contributed by atoms with E-state index in [-0.39, 0.29) is 11.8 Å². The van der Waals surface area contributed by atoms with Crippen LogP contribution in [0, 0.1) is 11.8 Å². The zero-order valence-corrected chi connectivity index (χ0v) is 47.2. The maximum Gasteiger partial charge on any atom is 0.309 e. The Kier molecular flexibility index (Phi) is 41.3. The Labute approximate surface area is 445 Å². The quantitative estimate of drug-likeness (QED) is 0.0248. The molecule has 2 fully saturated rings. The lowest BCUT2D eigenvalue weighted by molar-refractivity contribution is -0.376. The molecule has 13 heteroatoms. The van der Waals surface area contributed by atoms with Crippen LogP contribution in [0.5, 0.6) is 0 Å². The number of hydrogen-bond donors (Lipinski definition) is 6. The Morgan fingerprint density at radius 1 is 0.329 bits per heavy atom. The highest BCUT2D eigenvalue weighted by molar-refractivity contribution is 5.72. The summed E-state index contributed by atoms with van der Waals surface area (Å²) >= 11 is 0. The molecule has 432 valence electrons. The third-order valence-electron chi connectivity index (χ3n) is 15.7. The summed E-state index contributed by atoms with van der Waals surface area (Å²) in [4.78, 5) is 27.4. The molecular formula is C60H114O13. The average Bonchev–Trinajstić information content (AvgIpc) is 3.39. The zero-order valence-electron chi connectivity index (χ0n) is 47.2. The summed E-state index contributed by atoms with van der Waals surface area (Å²) < 4.78 is 29.2. The second-order valence-corrected chi connectivity index (χ2v) is 22.3. The number of rotatable bonds is 48. The molecule has 0 spiro atoms. The fourth-order valence-corrected chi connectivity index (χ4v) is 10.6. The lowest BCUT2D eigenvalue weighted by Crippen LogP contribution is -2.64. The van der Waals surface area contributed by atoms with Crippen LogP contribution in [0.4, 0.5) is 0 Å². The topological polar surface area (TPSA) is 202 Å². The predicted molar refractivity (Wildman–Crippen MR) is 291 cm³/mol. The second kappa shape index (κ2) is 44.5. The van der Waals surface area contributed by atoms with Gasteiger partial charge in [0.2, 0.25) is 0 Å². The van der Waals surface area contributed by atoms with Crippen molar-refractivity contribution in [3.05, 3.63) is 0 Å². The van der Waals surface area contributed by atoms with Gasteiger partial charge in [0.25, 0.3) is 0 Å². The summed E-state index contributed by atoms with van der Waals surface area (Å²) in [5, 5.41) is 65.8. The van der Waals surface area contributed by atoms with E-state index in [1.54, 1.807) is 0 Å². The molecular weight excluding hydrogens is 929 g/mol. The Morgan fingerprint density at radius 2 is 0.548 bits per heavy atom. The van der Waals surface area contributed by atoms with Crippen LogP contribution in [0.3, 0.4) is 0 Å². The van der Waals surface area contributed by atoms with Crippen LogP contribution >= 0.6 is 0 Å². The summed E-state index contributed by atoms with van der Waals surface area (Å²) in [6.07, 6.45) is 28.8. The van der Waals surface area contributed by atoms with E-state index in [0.717, 1.165) is 77.0 Å². The number of esters is 2. The molecule has 2 aliphatic rings. The Bertz CT molecular complexity index is 1150. The molecule has 2 rings (SSSR count). The molecule has 0 radical (unpaired) electrons. The smallest absolute Gasteiger partial charge is 0.309 e. The van der Waals surface area contributed by atoms with Gasteiger partial charge in [-0.1, -0.05) is 259 Å². The fraction of sp³-hybridized carbons (Fsp3) is 0.967. The van der Waals surface area contributed by atoms with Gasteiger partial charge in [0.05, 0.1) is 11.8 Å². The Hall–Kier alpha value is -1.42. The summed E-state index contributed by atoms with van der Waals surface area (Å²) in [6.45, 7) is 8.07. The van der Waals surface area contributed by atoms with Gasteiger partial charge in [-0.15, -0.1) is 0 Å². The van der Waals surface area contributed by atoms with Crippen molar-refractivity contribution in [3.63, 3.8) is 0 Å². The first-order valence-corrected chi connectivity index (χ1v) is 30.9. The summed E-state index contributed by atoms with van der Waals surface area (Å²) in [6, 6.07) is 0. The summed E-state index contributed by atoms with van der Waals surface area (Å²) in [7, 11) is 0. The number of carbonyl (C=O) groups is 2. The van der Waals surface area contributed by atoms with Gasteiger partial charge in [0.15, 0.2) is 12.6 Å². The van der Waals surface area contributed by atoms with Gasteiger partial charge in [-0.05, 0) is 25.7 Å². The average molecular weight is 1040 g/mol. The maximum atomic E-state index is 13.7. The van der Waals surface area contributed by atoms with Crippen molar-refractivity contribution in [1.29, 1.82) is 0 Å². The number of hydrogen-bond acceptors (Lipinski definition) is 13. The van der Waals surface area contributed by atoms with Gasteiger partial charge in [-0.2, -0.15) is 0 Å². The summed E-state index contributed by atoms with van der Waals surface area (Å²) in [5.74, 6) is -1.42. The first kappa shape index (κ1) is 67.7. The van der Waals surface area contributed by atoms with E-state index >= 15 is 0 Å². The van der Waals surface area contributed by atoms with E-state index in [1.165, 1.54) is 154 Å². The molecule has 0 bridgehead atoms. The van der Waals surface area contributed by atoms with Crippen molar-refractivity contribution in [2.24, 2.45) is 11.8 Å². The van der Waals surface area contributed by atoms with Crippen LogP contribution in [-0.4, -0.2) is 117 Å². The maximum absolute atomic E-state index is 13.7. The molecule has 0 aromatic heterocycles. The molecule has 73 heavy (non-hydrogen) atoms. The van der Waals surface area contributed by atoms with Crippen molar-refractivity contribution in [2.75, 3.05) is 13.2 Å². The number of carbonyl (C=O) groups excluding carboxylic acids is 2. The first-order chi connectivity index (χ1) is 35.5. The Morgan fingerprint density at radius 3 is 0.781 bits per heavy atom. The van der Waals surface area contributed by atoms with Crippen molar-refractivity contribution in [1.82, 2.24) is 0 Å². The van der Waals surface area contributed by atoms with Crippen LogP contribution in [0.2, 0.25) is 0 Å². The second-order valence-electron chi connectivity index (χ2n) is 22.3. The normalized spacial score (nSPS) is 24.4. The molecule has 0 aromatic carbocycles. The largest absolute Gasteiger partial charge is 0.463 e. The third kappa shape index (κ3) is 30.4. The van der Waals surface area contributed by atoms with Gasteiger partial charge >= 0.3 is 11.9 Å². The molecule has 4 unspecified atom stereocenters. The molecule has 0 amide bonds. The van der Waals surface area contributed by atoms with Gasteiger partial charge in [0, 0.05) is 0 Å². The number of aliphatic hydroxyl groups is 6. The Balaban J connectivity index is 2.01. The molecule has 6 N–H and O–H groups in total. The van der Waals surface area contributed by atoms with Crippen molar-refractivity contribution >= 4 is 11.9 Å². The number of aliphatic hydroxyl groups excluding tert-OH is 6. The van der Waals surface area contributed by atoms with Gasteiger partial charge in [-0.3, -0.25) is 9.59 Å². The van der Waals surface area contributed by atoms with E-state index in [9.17, 15) is 40.2 Å². The molecule has 0 saturated carbocycles. The monoisotopic (exact) mass is 1040 g/mol. The van der Waals surface area contributed by atoms with Crippen molar-refractivity contribution < 1.29 is 63.9 Å². The van der Waals surface area contributed by atoms with E-state index in [4.69, 9.17) is 23.7 Å².